The molecule has 0 unspecified atom stereocenters. The monoisotopic (exact) mass is 396 g/mol. The van der Waals surface area contributed by atoms with Crippen LogP contribution in [0.1, 0.15) is 11.3 Å². The molecule has 6 nitrogen and oxygen atoms in total. The molecule has 0 radical (unpaired) electrons. The van der Waals surface area contributed by atoms with E-state index in [1.165, 1.54) is 0 Å². The molecular formula is C16H18BrFN4O2. The fourth-order valence-electron chi connectivity index (χ4n) is 2.47. The third-order valence-electron chi connectivity index (χ3n) is 3.57. The van der Waals surface area contributed by atoms with Gasteiger partial charge in [0.15, 0.2) is 5.82 Å². The van der Waals surface area contributed by atoms with Crippen molar-refractivity contribution in [3.05, 3.63) is 33.7 Å². The summed E-state index contributed by atoms with van der Waals surface area (Å²) < 4.78 is 25.3. The first-order valence-electron chi connectivity index (χ1n) is 7.57. The van der Waals surface area contributed by atoms with Gasteiger partial charge in [0.05, 0.1) is 23.4 Å². The zero-order chi connectivity index (χ0) is 17.1. The lowest BCUT2D eigenvalue weighted by Crippen LogP contribution is -2.10. The van der Waals surface area contributed by atoms with E-state index in [2.05, 4.69) is 36.5 Å². The summed E-state index contributed by atoms with van der Waals surface area (Å²) in [4.78, 5) is 8.68. The smallest absolute Gasteiger partial charge is 0.229 e. The van der Waals surface area contributed by atoms with Crippen LogP contribution in [0.4, 0.5) is 21.8 Å². The second-order valence-corrected chi connectivity index (χ2v) is 6.19. The fourth-order valence-corrected chi connectivity index (χ4v) is 3.06. The number of nitrogens with one attached hydrogen (secondary N) is 2. The molecule has 1 aliphatic heterocycles. The van der Waals surface area contributed by atoms with Gasteiger partial charge in [0.25, 0.3) is 0 Å². The quantitative estimate of drug-likeness (QED) is 0.729. The van der Waals surface area contributed by atoms with Gasteiger partial charge < -0.3 is 20.1 Å². The largest absolute Gasteiger partial charge is 0.492 e. The van der Waals surface area contributed by atoms with Gasteiger partial charge in [-0.25, -0.2) is 9.37 Å². The Bertz CT molecular complexity index is 757. The predicted molar refractivity (Wildman–Crippen MR) is 93.7 cm³/mol. The van der Waals surface area contributed by atoms with Crippen molar-refractivity contribution in [2.45, 2.75) is 13.3 Å². The summed E-state index contributed by atoms with van der Waals surface area (Å²) in [6.45, 7) is 3.61. The number of aryl methyl sites for hydroxylation is 1. The maximum Gasteiger partial charge on any atom is 0.229 e. The molecule has 1 aromatic heterocycles. The van der Waals surface area contributed by atoms with E-state index in [1.54, 1.807) is 13.2 Å². The van der Waals surface area contributed by atoms with Gasteiger partial charge in [-0.2, -0.15) is 4.98 Å². The van der Waals surface area contributed by atoms with E-state index in [-0.39, 0.29) is 0 Å². The van der Waals surface area contributed by atoms with Crippen LogP contribution in [0.15, 0.2) is 16.6 Å². The van der Waals surface area contributed by atoms with E-state index in [1.807, 2.05) is 13.0 Å². The highest BCUT2D eigenvalue weighted by atomic mass is 79.9. The number of ether oxygens (including phenoxy) is 2. The highest BCUT2D eigenvalue weighted by Crippen LogP contribution is 2.39. The molecule has 0 spiro atoms. The molecule has 24 heavy (non-hydrogen) atoms. The SMILES string of the molecule is COCCNc1cc(C)nc(Nc2cc3c(c(Br)c2F)OCC3)n1. The van der Waals surface area contributed by atoms with Crippen LogP contribution >= 0.6 is 15.9 Å². The van der Waals surface area contributed by atoms with Crippen molar-refractivity contribution < 1.29 is 13.9 Å². The topological polar surface area (TPSA) is 68.3 Å². The number of fused-ring (bicyclic) bond motifs is 1. The molecule has 1 aliphatic rings. The minimum absolute atomic E-state index is 0.319. The molecule has 0 amide bonds. The summed E-state index contributed by atoms with van der Waals surface area (Å²) in [7, 11) is 1.64. The number of rotatable bonds is 6. The van der Waals surface area contributed by atoms with E-state index < -0.39 is 5.82 Å². The number of methoxy groups -OCH3 is 1. The Balaban J connectivity index is 1.85. The summed E-state index contributed by atoms with van der Waals surface area (Å²) in [5.41, 5.74) is 2.05. The van der Waals surface area contributed by atoms with E-state index in [0.29, 0.717) is 47.4 Å². The molecule has 3 rings (SSSR count). The molecule has 0 bridgehead atoms. The Kier molecular flexibility index (Phi) is 5.15. The minimum Gasteiger partial charge on any atom is -0.492 e. The highest BCUT2D eigenvalue weighted by molar-refractivity contribution is 9.10. The molecule has 2 N–H and O–H groups in total. The lowest BCUT2D eigenvalue weighted by atomic mass is 10.1. The Morgan fingerprint density at radius 3 is 3.00 bits per heavy atom. The Hall–Kier alpha value is -1.93. The molecule has 128 valence electrons. The third kappa shape index (κ3) is 3.59. The molecule has 0 saturated heterocycles. The lowest BCUT2D eigenvalue weighted by molar-refractivity contribution is 0.210. The first-order valence-corrected chi connectivity index (χ1v) is 8.37. The highest BCUT2D eigenvalue weighted by Gasteiger charge is 2.22. The van der Waals surface area contributed by atoms with Crippen LogP contribution in [0.25, 0.3) is 0 Å². The standard InChI is InChI=1S/C16H18BrFN4O2/c1-9-7-12(19-4-6-23-2)22-16(20-9)21-11-8-10-3-5-24-15(10)13(17)14(11)18/h7-8H,3-6H2,1-2H3,(H2,19,20,21,22). The second kappa shape index (κ2) is 7.31. The summed E-state index contributed by atoms with van der Waals surface area (Å²) in [5, 5.41) is 6.10. The average molecular weight is 397 g/mol. The van der Waals surface area contributed by atoms with Gasteiger partial charge >= 0.3 is 0 Å². The van der Waals surface area contributed by atoms with Gasteiger partial charge in [-0.15, -0.1) is 0 Å². The zero-order valence-electron chi connectivity index (χ0n) is 13.4. The summed E-state index contributed by atoms with van der Waals surface area (Å²) in [6.07, 6.45) is 0.751. The Labute approximate surface area is 147 Å². The first-order chi connectivity index (χ1) is 11.6. The number of hydrogen-bond acceptors (Lipinski definition) is 6. The maximum absolute atomic E-state index is 14.5. The normalized spacial score (nSPS) is 12.7. The van der Waals surface area contributed by atoms with Crippen LogP contribution in [0.2, 0.25) is 0 Å². The van der Waals surface area contributed by atoms with Crippen LogP contribution < -0.4 is 15.4 Å². The van der Waals surface area contributed by atoms with Crippen molar-refractivity contribution in [1.82, 2.24) is 9.97 Å². The van der Waals surface area contributed by atoms with E-state index >= 15 is 0 Å². The molecular weight excluding hydrogens is 379 g/mol. The van der Waals surface area contributed by atoms with Gasteiger partial charge in [-0.1, -0.05) is 0 Å². The van der Waals surface area contributed by atoms with Crippen molar-refractivity contribution in [3.63, 3.8) is 0 Å². The van der Waals surface area contributed by atoms with Gasteiger partial charge in [-0.3, -0.25) is 0 Å². The number of halogens is 2. The number of hydrogen-bond donors (Lipinski definition) is 2. The van der Waals surface area contributed by atoms with E-state index in [9.17, 15) is 4.39 Å². The van der Waals surface area contributed by atoms with Crippen LogP contribution in [-0.4, -0.2) is 36.8 Å². The Morgan fingerprint density at radius 1 is 1.38 bits per heavy atom. The fraction of sp³-hybridized carbons (Fsp3) is 0.375. The molecule has 0 aliphatic carbocycles. The zero-order valence-corrected chi connectivity index (χ0v) is 15.0. The van der Waals surface area contributed by atoms with Gasteiger partial charge in [0.1, 0.15) is 11.6 Å². The predicted octanol–water partition coefficient (Wildman–Crippen LogP) is 3.42. The van der Waals surface area contributed by atoms with Gasteiger partial charge in [0, 0.05) is 37.4 Å². The van der Waals surface area contributed by atoms with Gasteiger partial charge in [-0.05, 0) is 28.9 Å². The molecule has 0 saturated carbocycles. The Morgan fingerprint density at radius 2 is 2.21 bits per heavy atom. The number of anilines is 3. The van der Waals surface area contributed by atoms with Crippen LogP contribution in [-0.2, 0) is 11.2 Å². The second-order valence-electron chi connectivity index (χ2n) is 5.40. The molecule has 0 atom stereocenters. The van der Waals surface area contributed by atoms with E-state index in [0.717, 1.165) is 17.7 Å². The molecule has 2 heterocycles. The average Bonchev–Trinajstić information content (AvgIpc) is 3.00. The molecule has 1 aromatic carbocycles. The lowest BCUT2D eigenvalue weighted by Gasteiger charge is -2.12. The van der Waals surface area contributed by atoms with Crippen molar-refractivity contribution in [1.29, 1.82) is 0 Å². The van der Waals surface area contributed by atoms with Crippen molar-refractivity contribution in [3.8, 4) is 5.75 Å². The summed E-state index contributed by atoms with van der Waals surface area (Å²) in [6, 6.07) is 3.57. The number of benzene rings is 1. The van der Waals surface area contributed by atoms with Crippen molar-refractivity contribution >= 4 is 33.4 Å². The van der Waals surface area contributed by atoms with Crippen LogP contribution in [0.5, 0.6) is 5.75 Å². The molecule has 8 heteroatoms. The summed E-state index contributed by atoms with van der Waals surface area (Å²) >= 11 is 3.26. The number of nitrogens with zero attached hydrogens (tertiary/aromatic N) is 2. The first kappa shape index (κ1) is 16.9. The van der Waals surface area contributed by atoms with E-state index in [4.69, 9.17) is 9.47 Å². The number of aromatic nitrogens is 2. The maximum atomic E-state index is 14.5. The van der Waals surface area contributed by atoms with Crippen molar-refractivity contribution in [2.75, 3.05) is 37.5 Å². The van der Waals surface area contributed by atoms with Crippen LogP contribution in [0.3, 0.4) is 0 Å². The third-order valence-corrected chi connectivity index (χ3v) is 4.28. The molecule has 2 aromatic rings. The minimum atomic E-state index is -0.422. The van der Waals surface area contributed by atoms with Gasteiger partial charge in [0.2, 0.25) is 5.95 Å². The summed E-state index contributed by atoms with van der Waals surface area (Å²) in [5.74, 6) is 1.14. The van der Waals surface area contributed by atoms with Crippen LogP contribution in [0, 0.1) is 12.7 Å². The molecule has 0 fully saturated rings. The van der Waals surface area contributed by atoms with Crippen molar-refractivity contribution in [2.24, 2.45) is 0 Å².